The van der Waals surface area contributed by atoms with Gasteiger partial charge in [0.25, 0.3) is 11.7 Å². The Morgan fingerprint density at radius 1 is 0.946 bits per heavy atom. The van der Waals surface area contributed by atoms with E-state index in [2.05, 4.69) is 4.74 Å². The van der Waals surface area contributed by atoms with Crippen molar-refractivity contribution in [3.8, 4) is 17.2 Å². The van der Waals surface area contributed by atoms with Crippen molar-refractivity contribution in [2.75, 3.05) is 19.1 Å². The third-order valence-electron chi connectivity index (χ3n) is 5.63. The quantitative estimate of drug-likeness (QED) is 0.242. The lowest BCUT2D eigenvalue weighted by atomic mass is 9.95. The number of carbonyl (C=O) groups excluding carboxylic acids is 2. The number of hydrogen-bond acceptors (Lipinski definition) is 6. The second kappa shape index (κ2) is 10.1. The standard InChI is InChI=1S/C26H19ClF3NO6/c1-35-17-9-6-14(7-10-17)22-21(23(32)15-8-11-20(36-2)19(27)12-15)24(33)25(34)31(22)16-4-3-5-18(13-16)37-26(28,29)30/h3-13,22,32H,1-2H3/b23-21+. The molecule has 1 heterocycles. The maximum absolute atomic E-state index is 13.2. The molecule has 0 aliphatic carbocycles. The minimum Gasteiger partial charge on any atom is -0.507 e. The molecule has 0 spiro atoms. The summed E-state index contributed by atoms with van der Waals surface area (Å²) in [6, 6.07) is 14.1. The molecule has 3 aromatic rings. The van der Waals surface area contributed by atoms with Crippen molar-refractivity contribution in [3.63, 3.8) is 0 Å². The van der Waals surface area contributed by atoms with Crippen LogP contribution in [-0.4, -0.2) is 37.4 Å². The molecule has 0 bridgehead atoms. The minimum absolute atomic E-state index is 0.0449. The third kappa shape index (κ3) is 5.19. The molecule has 1 aliphatic heterocycles. The van der Waals surface area contributed by atoms with E-state index >= 15 is 0 Å². The van der Waals surface area contributed by atoms with Crippen LogP contribution in [0.3, 0.4) is 0 Å². The first kappa shape index (κ1) is 25.9. The van der Waals surface area contributed by atoms with Gasteiger partial charge in [0.15, 0.2) is 0 Å². The van der Waals surface area contributed by atoms with Gasteiger partial charge in [-0.15, -0.1) is 13.2 Å². The van der Waals surface area contributed by atoms with Crippen LogP contribution >= 0.6 is 11.6 Å². The van der Waals surface area contributed by atoms with Crippen molar-refractivity contribution < 1.29 is 42.1 Å². The molecule has 1 saturated heterocycles. The molecule has 1 amide bonds. The fraction of sp³-hybridized carbons (Fsp3) is 0.154. The van der Waals surface area contributed by atoms with Gasteiger partial charge in [-0.25, -0.2) is 0 Å². The lowest BCUT2D eigenvalue weighted by molar-refractivity contribution is -0.274. The van der Waals surface area contributed by atoms with Crippen molar-refractivity contribution in [2.24, 2.45) is 0 Å². The third-order valence-corrected chi connectivity index (χ3v) is 5.93. The number of hydrogen-bond donors (Lipinski definition) is 1. The van der Waals surface area contributed by atoms with E-state index in [1.54, 1.807) is 24.3 Å². The average molecular weight is 534 g/mol. The molecule has 4 rings (SSSR count). The second-order valence-electron chi connectivity index (χ2n) is 7.84. The fourth-order valence-electron chi connectivity index (χ4n) is 4.00. The number of ketones is 1. The molecular weight excluding hydrogens is 515 g/mol. The first-order valence-corrected chi connectivity index (χ1v) is 11.1. The summed E-state index contributed by atoms with van der Waals surface area (Å²) in [6.07, 6.45) is -4.96. The van der Waals surface area contributed by atoms with Gasteiger partial charge in [-0.1, -0.05) is 29.8 Å². The number of aliphatic hydroxyl groups is 1. The van der Waals surface area contributed by atoms with E-state index in [1.165, 1.54) is 44.6 Å². The molecule has 7 nitrogen and oxygen atoms in total. The maximum Gasteiger partial charge on any atom is 0.573 e. The summed E-state index contributed by atoms with van der Waals surface area (Å²) in [6.45, 7) is 0. The summed E-state index contributed by atoms with van der Waals surface area (Å²) in [5.41, 5.74) is 0.204. The topological polar surface area (TPSA) is 85.3 Å². The zero-order chi connectivity index (χ0) is 26.9. The Bertz CT molecular complexity index is 1390. The van der Waals surface area contributed by atoms with Crippen LogP contribution in [0.1, 0.15) is 17.2 Å². The number of methoxy groups -OCH3 is 2. The van der Waals surface area contributed by atoms with Gasteiger partial charge in [-0.3, -0.25) is 14.5 Å². The van der Waals surface area contributed by atoms with Gasteiger partial charge in [0.05, 0.1) is 30.9 Å². The molecular formula is C26H19ClF3NO6. The predicted molar refractivity (Wildman–Crippen MR) is 129 cm³/mol. The van der Waals surface area contributed by atoms with E-state index in [0.29, 0.717) is 17.1 Å². The molecule has 1 fully saturated rings. The predicted octanol–water partition coefficient (Wildman–Crippen LogP) is 5.88. The van der Waals surface area contributed by atoms with Crippen LogP contribution in [-0.2, 0) is 9.59 Å². The van der Waals surface area contributed by atoms with Gasteiger partial charge < -0.3 is 19.3 Å². The highest BCUT2D eigenvalue weighted by molar-refractivity contribution is 6.51. The van der Waals surface area contributed by atoms with Crippen LogP contribution in [0.5, 0.6) is 17.2 Å². The van der Waals surface area contributed by atoms with E-state index in [0.717, 1.165) is 17.0 Å². The van der Waals surface area contributed by atoms with Gasteiger partial charge in [-0.05, 0) is 48.0 Å². The molecule has 1 N–H and O–H groups in total. The van der Waals surface area contributed by atoms with Crippen LogP contribution in [0.25, 0.3) is 5.76 Å². The zero-order valence-corrected chi connectivity index (χ0v) is 20.1. The van der Waals surface area contributed by atoms with E-state index < -0.39 is 35.6 Å². The number of amides is 1. The van der Waals surface area contributed by atoms with Crippen LogP contribution in [0.2, 0.25) is 5.02 Å². The molecule has 37 heavy (non-hydrogen) atoms. The molecule has 1 atom stereocenters. The lowest BCUT2D eigenvalue weighted by Gasteiger charge is -2.26. The van der Waals surface area contributed by atoms with Gasteiger partial charge in [0.2, 0.25) is 0 Å². The summed E-state index contributed by atoms with van der Waals surface area (Å²) in [5.74, 6) is -2.37. The molecule has 192 valence electrons. The Hall–Kier alpha value is -4.18. The number of anilines is 1. The molecule has 0 saturated carbocycles. The van der Waals surface area contributed by atoms with E-state index in [1.807, 2.05) is 0 Å². The monoisotopic (exact) mass is 533 g/mol. The molecule has 11 heteroatoms. The molecule has 0 aromatic heterocycles. The molecule has 0 radical (unpaired) electrons. The largest absolute Gasteiger partial charge is 0.573 e. The summed E-state index contributed by atoms with van der Waals surface area (Å²) in [5, 5.41) is 11.3. The Morgan fingerprint density at radius 2 is 1.65 bits per heavy atom. The number of halogens is 4. The number of ether oxygens (including phenoxy) is 3. The van der Waals surface area contributed by atoms with Crippen molar-refractivity contribution in [1.82, 2.24) is 0 Å². The number of nitrogens with zero attached hydrogens (tertiary/aromatic N) is 1. The van der Waals surface area contributed by atoms with Gasteiger partial charge in [-0.2, -0.15) is 0 Å². The molecule has 1 unspecified atom stereocenters. The molecule has 1 aliphatic rings. The van der Waals surface area contributed by atoms with Crippen LogP contribution in [0.4, 0.5) is 18.9 Å². The lowest BCUT2D eigenvalue weighted by Crippen LogP contribution is -2.29. The Balaban J connectivity index is 1.90. The van der Waals surface area contributed by atoms with Crippen LogP contribution < -0.4 is 19.1 Å². The second-order valence-corrected chi connectivity index (χ2v) is 8.24. The minimum atomic E-state index is -4.96. The Labute approximate surface area is 214 Å². The highest BCUT2D eigenvalue weighted by Gasteiger charge is 2.47. The summed E-state index contributed by atoms with van der Waals surface area (Å²) in [7, 11) is 2.87. The number of aliphatic hydroxyl groups excluding tert-OH is 1. The summed E-state index contributed by atoms with van der Waals surface area (Å²) < 4.78 is 52.7. The number of benzene rings is 3. The van der Waals surface area contributed by atoms with Crippen molar-refractivity contribution in [3.05, 3.63) is 88.5 Å². The van der Waals surface area contributed by atoms with E-state index in [-0.39, 0.29) is 21.8 Å². The number of alkyl halides is 3. The normalized spacial score (nSPS) is 17.1. The highest BCUT2D eigenvalue weighted by atomic mass is 35.5. The zero-order valence-electron chi connectivity index (χ0n) is 19.4. The van der Waals surface area contributed by atoms with Gasteiger partial charge in [0, 0.05) is 17.3 Å². The summed E-state index contributed by atoms with van der Waals surface area (Å²) >= 11 is 6.19. The van der Waals surface area contributed by atoms with Crippen molar-refractivity contribution >= 4 is 34.7 Å². The Morgan fingerprint density at radius 3 is 2.24 bits per heavy atom. The number of Topliss-reactive ketones (excluding diaryl/α,β-unsaturated/α-hetero) is 1. The van der Waals surface area contributed by atoms with Crippen molar-refractivity contribution in [2.45, 2.75) is 12.4 Å². The van der Waals surface area contributed by atoms with Crippen LogP contribution in [0, 0.1) is 0 Å². The Kier molecular flexibility index (Phi) is 7.04. The molecule has 3 aromatic carbocycles. The first-order chi connectivity index (χ1) is 17.5. The number of carbonyl (C=O) groups is 2. The smallest absolute Gasteiger partial charge is 0.507 e. The van der Waals surface area contributed by atoms with Crippen LogP contribution in [0.15, 0.2) is 72.3 Å². The fourth-order valence-corrected chi connectivity index (χ4v) is 4.26. The van der Waals surface area contributed by atoms with Gasteiger partial charge in [0.1, 0.15) is 23.0 Å². The SMILES string of the molecule is COc1ccc(C2/C(=C(\O)c3ccc(OC)c(Cl)c3)C(=O)C(=O)N2c2cccc(OC(F)(F)F)c2)cc1. The number of rotatable bonds is 6. The average Bonchev–Trinajstić information content (AvgIpc) is 3.13. The summed E-state index contributed by atoms with van der Waals surface area (Å²) in [4.78, 5) is 27.5. The van der Waals surface area contributed by atoms with E-state index in [9.17, 15) is 27.9 Å². The first-order valence-electron chi connectivity index (χ1n) is 10.7. The highest BCUT2D eigenvalue weighted by Crippen LogP contribution is 2.44. The van der Waals surface area contributed by atoms with Crippen molar-refractivity contribution in [1.29, 1.82) is 0 Å². The van der Waals surface area contributed by atoms with E-state index in [4.69, 9.17) is 21.1 Å². The maximum atomic E-state index is 13.2. The van der Waals surface area contributed by atoms with Gasteiger partial charge >= 0.3 is 6.36 Å².